The van der Waals surface area contributed by atoms with Crippen molar-refractivity contribution in [1.29, 1.82) is 0 Å². The summed E-state index contributed by atoms with van der Waals surface area (Å²) in [6.07, 6.45) is 1.43. The van der Waals surface area contributed by atoms with Gasteiger partial charge in [0.05, 0.1) is 0 Å². The van der Waals surface area contributed by atoms with Crippen LogP contribution in [0.4, 0.5) is 0 Å². The van der Waals surface area contributed by atoms with E-state index >= 15 is 0 Å². The molecule has 1 saturated carbocycles. The molecular weight excluding hydrogens is 242 g/mol. The van der Waals surface area contributed by atoms with Crippen LogP contribution in [0.15, 0.2) is 54.6 Å². The molecule has 20 heavy (non-hydrogen) atoms. The monoisotopic (exact) mass is 263 g/mol. The maximum absolute atomic E-state index is 2.69. The molecule has 0 bridgehead atoms. The summed E-state index contributed by atoms with van der Waals surface area (Å²) in [5.74, 6) is 1.85. The van der Waals surface area contributed by atoms with Crippen LogP contribution in [0.3, 0.4) is 0 Å². The molecule has 4 rings (SSSR count). The smallest absolute Gasteiger partial charge is 0.0385 e. The standard InChI is InChI=1S/C19H21N/c1-14-7-5-6-10-17(14)19-18-11-16(18)13-20(19)12-15-8-3-2-4-9-15/h2-10,16,18-19H,11-13H2,1H3/t16-,18-,19-/m0/s1. The van der Waals surface area contributed by atoms with Gasteiger partial charge in [-0.3, -0.25) is 4.90 Å². The van der Waals surface area contributed by atoms with Gasteiger partial charge in [-0.1, -0.05) is 54.6 Å². The second-order valence-electron chi connectivity index (χ2n) is 6.38. The minimum Gasteiger partial charge on any atom is -0.291 e. The third kappa shape index (κ3) is 2.06. The van der Waals surface area contributed by atoms with Crippen molar-refractivity contribution in [2.75, 3.05) is 6.54 Å². The zero-order chi connectivity index (χ0) is 13.5. The second kappa shape index (κ2) is 4.75. The van der Waals surface area contributed by atoms with Gasteiger partial charge in [-0.2, -0.15) is 0 Å². The Morgan fingerprint density at radius 1 is 1.00 bits per heavy atom. The van der Waals surface area contributed by atoms with E-state index in [1.807, 2.05) is 0 Å². The molecule has 2 fully saturated rings. The topological polar surface area (TPSA) is 3.24 Å². The Labute approximate surface area is 121 Å². The summed E-state index contributed by atoms with van der Waals surface area (Å²) in [6, 6.07) is 20.5. The molecule has 2 aromatic rings. The van der Waals surface area contributed by atoms with Gasteiger partial charge in [0.1, 0.15) is 0 Å². The van der Waals surface area contributed by atoms with Crippen molar-refractivity contribution in [3.63, 3.8) is 0 Å². The molecule has 0 amide bonds. The number of hydrogen-bond donors (Lipinski definition) is 0. The number of nitrogens with zero attached hydrogens (tertiary/aromatic N) is 1. The number of aryl methyl sites for hydroxylation is 1. The van der Waals surface area contributed by atoms with Crippen LogP contribution in [-0.4, -0.2) is 11.4 Å². The molecular formula is C19H21N. The third-order valence-electron chi connectivity index (χ3n) is 4.98. The Morgan fingerprint density at radius 2 is 1.75 bits per heavy atom. The van der Waals surface area contributed by atoms with Crippen molar-refractivity contribution >= 4 is 0 Å². The summed E-state index contributed by atoms with van der Waals surface area (Å²) in [5, 5.41) is 0. The van der Waals surface area contributed by atoms with E-state index < -0.39 is 0 Å². The van der Waals surface area contributed by atoms with E-state index in [-0.39, 0.29) is 0 Å². The lowest BCUT2D eigenvalue weighted by molar-refractivity contribution is 0.212. The van der Waals surface area contributed by atoms with Gasteiger partial charge in [0.2, 0.25) is 0 Å². The van der Waals surface area contributed by atoms with Gasteiger partial charge in [-0.25, -0.2) is 0 Å². The lowest BCUT2D eigenvalue weighted by atomic mass is 9.97. The highest BCUT2D eigenvalue weighted by atomic mass is 15.2. The van der Waals surface area contributed by atoms with E-state index in [0.29, 0.717) is 6.04 Å². The molecule has 0 N–H and O–H groups in total. The first-order valence-corrected chi connectivity index (χ1v) is 7.66. The van der Waals surface area contributed by atoms with Crippen LogP contribution in [0.25, 0.3) is 0 Å². The summed E-state index contributed by atoms with van der Waals surface area (Å²) in [7, 11) is 0. The third-order valence-corrected chi connectivity index (χ3v) is 4.98. The average molecular weight is 263 g/mol. The summed E-state index contributed by atoms with van der Waals surface area (Å²) in [4.78, 5) is 2.69. The summed E-state index contributed by atoms with van der Waals surface area (Å²) in [5.41, 5.74) is 4.43. The van der Waals surface area contributed by atoms with Crippen molar-refractivity contribution in [3.8, 4) is 0 Å². The predicted molar refractivity (Wildman–Crippen MR) is 82.4 cm³/mol. The number of rotatable bonds is 3. The summed E-state index contributed by atoms with van der Waals surface area (Å²) in [6.45, 7) is 4.62. The highest BCUT2D eigenvalue weighted by Crippen LogP contribution is 2.57. The van der Waals surface area contributed by atoms with Crippen molar-refractivity contribution in [2.24, 2.45) is 11.8 Å². The largest absolute Gasteiger partial charge is 0.291 e. The first kappa shape index (κ1) is 12.2. The maximum Gasteiger partial charge on any atom is 0.0385 e. The van der Waals surface area contributed by atoms with E-state index in [2.05, 4.69) is 66.4 Å². The normalized spacial score (nSPS) is 28.4. The van der Waals surface area contributed by atoms with Gasteiger partial charge in [-0.05, 0) is 41.9 Å². The molecule has 0 radical (unpaired) electrons. The average Bonchev–Trinajstić information content (AvgIpc) is 3.14. The molecule has 102 valence electrons. The number of piperidine rings is 1. The van der Waals surface area contributed by atoms with Crippen LogP contribution in [0.1, 0.15) is 29.2 Å². The SMILES string of the molecule is Cc1ccccc1[C@H]1[C@H]2C[C@H]2CN1Cc1ccccc1. The molecule has 1 heterocycles. The molecule has 1 saturated heterocycles. The Hall–Kier alpha value is -1.60. The van der Waals surface area contributed by atoms with Crippen LogP contribution < -0.4 is 0 Å². The lowest BCUT2D eigenvalue weighted by Crippen LogP contribution is -2.26. The number of hydrogen-bond acceptors (Lipinski definition) is 1. The van der Waals surface area contributed by atoms with Crippen molar-refractivity contribution in [1.82, 2.24) is 4.90 Å². The first-order valence-electron chi connectivity index (χ1n) is 7.66. The quantitative estimate of drug-likeness (QED) is 0.802. The predicted octanol–water partition coefficient (Wildman–Crippen LogP) is 4.19. The fraction of sp³-hybridized carbons (Fsp3) is 0.368. The van der Waals surface area contributed by atoms with Crippen LogP contribution in [0.2, 0.25) is 0 Å². The van der Waals surface area contributed by atoms with Crippen molar-refractivity contribution in [3.05, 3.63) is 71.3 Å². The van der Waals surface area contributed by atoms with E-state index in [9.17, 15) is 0 Å². The minimum absolute atomic E-state index is 0.640. The Balaban J connectivity index is 1.62. The number of fused-ring (bicyclic) bond motifs is 1. The van der Waals surface area contributed by atoms with Crippen LogP contribution in [0.5, 0.6) is 0 Å². The Morgan fingerprint density at radius 3 is 2.55 bits per heavy atom. The van der Waals surface area contributed by atoms with E-state index in [1.165, 1.54) is 24.1 Å². The van der Waals surface area contributed by atoms with E-state index in [1.54, 1.807) is 5.56 Å². The maximum atomic E-state index is 2.69. The zero-order valence-electron chi connectivity index (χ0n) is 12.0. The molecule has 1 nitrogen and oxygen atoms in total. The molecule has 1 aliphatic heterocycles. The molecule has 0 aromatic heterocycles. The Bertz CT molecular complexity index is 604. The van der Waals surface area contributed by atoms with Crippen molar-refractivity contribution in [2.45, 2.75) is 25.9 Å². The molecule has 3 atom stereocenters. The fourth-order valence-electron chi connectivity index (χ4n) is 3.88. The van der Waals surface area contributed by atoms with Crippen molar-refractivity contribution < 1.29 is 0 Å². The van der Waals surface area contributed by atoms with E-state index in [4.69, 9.17) is 0 Å². The summed E-state index contributed by atoms with van der Waals surface area (Å²) < 4.78 is 0. The highest BCUT2D eigenvalue weighted by molar-refractivity contribution is 5.32. The number of benzene rings is 2. The van der Waals surface area contributed by atoms with E-state index in [0.717, 1.165) is 18.4 Å². The minimum atomic E-state index is 0.640. The lowest BCUT2D eigenvalue weighted by Gasteiger charge is -2.29. The summed E-state index contributed by atoms with van der Waals surface area (Å²) >= 11 is 0. The van der Waals surface area contributed by atoms with Crippen LogP contribution >= 0.6 is 0 Å². The molecule has 0 unspecified atom stereocenters. The van der Waals surface area contributed by atoms with Crippen LogP contribution in [-0.2, 0) is 6.54 Å². The van der Waals surface area contributed by atoms with Gasteiger partial charge in [0, 0.05) is 19.1 Å². The van der Waals surface area contributed by atoms with Gasteiger partial charge in [0.15, 0.2) is 0 Å². The first-order chi connectivity index (χ1) is 9.83. The van der Waals surface area contributed by atoms with Gasteiger partial charge >= 0.3 is 0 Å². The molecule has 0 spiro atoms. The molecule has 1 heteroatoms. The van der Waals surface area contributed by atoms with Crippen LogP contribution in [0, 0.1) is 18.8 Å². The fourth-order valence-corrected chi connectivity index (χ4v) is 3.88. The van der Waals surface area contributed by atoms with Gasteiger partial charge in [0.25, 0.3) is 0 Å². The van der Waals surface area contributed by atoms with Gasteiger partial charge < -0.3 is 0 Å². The van der Waals surface area contributed by atoms with Gasteiger partial charge in [-0.15, -0.1) is 0 Å². The molecule has 2 aromatic carbocycles. The second-order valence-corrected chi connectivity index (χ2v) is 6.38. The number of likely N-dealkylation sites (tertiary alicyclic amines) is 1. The Kier molecular flexibility index (Phi) is 2.89. The molecule has 2 aliphatic rings. The molecule has 1 aliphatic carbocycles. The zero-order valence-corrected chi connectivity index (χ0v) is 12.0. The highest BCUT2D eigenvalue weighted by Gasteiger charge is 2.52.